The van der Waals surface area contributed by atoms with Crippen molar-refractivity contribution in [2.75, 3.05) is 31.2 Å². The van der Waals surface area contributed by atoms with Gasteiger partial charge in [0.2, 0.25) is 17.4 Å². The maximum Gasteiger partial charge on any atom is 0.451 e. The first-order chi connectivity index (χ1) is 14.0. The minimum absolute atomic E-state index is 0.160. The second kappa shape index (κ2) is 6.55. The molecular weight excluding hydrogens is 391 g/mol. The lowest BCUT2D eigenvalue weighted by Gasteiger charge is -2.27. The standard InChI is InChI=1S/C16H14F3N9O/c17-16(18,19)14-24-13(25-26-14)11-12(9-7-20-8-21-9)28-2-1-10(22-15(28)23-11)27-3-5-29-6-4-27/h1-2,7-8H,3-6H2,(H,20,21)(H,24,25,26). The number of rotatable bonds is 3. The molecule has 29 heavy (non-hydrogen) atoms. The highest BCUT2D eigenvalue weighted by atomic mass is 19.4. The summed E-state index contributed by atoms with van der Waals surface area (Å²) < 4.78 is 45.9. The molecule has 1 aliphatic heterocycles. The van der Waals surface area contributed by atoms with Crippen LogP contribution in [-0.2, 0) is 10.9 Å². The summed E-state index contributed by atoms with van der Waals surface area (Å²) in [6, 6.07) is 1.82. The summed E-state index contributed by atoms with van der Waals surface area (Å²) >= 11 is 0. The summed E-state index contributed by atoms with van der Waals surface area (Å²) in [4.78, 5) is 21.6. The van der Waals surface area contributed by atoms with Crippen molar-refractivity contribution in [3.05, 3.63) is 30.6 Å². The molecule has 5 rings (SSSR count). The van der Waals surface area contributed by atoms with E-state index in [1.165, 1.54) is 6.33 Å². The van der Waals surface area contributed by atoms with Gasteiger partial charge in [-0.25, -0.2) is 15.0 Å². The highest BCUT2D eigenvalue weighted by Crippen LogP contribution is 2.32. The Hall–Kier alpha value is -3.48. The van der Waals surface area contributed by atoms with E-state index in [4.69, 9.17) is 4.74 Å². The van der Waals surface area contributed by atoms with Gasteiger partial charge in [0.1, 0.15) is 17.2 Å². The molecule has 0 amide bonds. The molecule has 1 aliphatic rings. The normalized spacial score (nSPS) is 15.3. The second-order valence-corrected chi connectivity index (χ2v) is 6.33. The second-order valence-electron chi connectivity index (χ2n) is 6.33. The molecule has 0 aromatic carbocycles. The number of ether oxygens (including phenoxy) is 1. The quantitative estimate of drug-likeness (QED) is 0.534. The van der Waals surface area contributed by atoms with E-state index in [9.17, 15) is 13.2 Å². The average molecular weight is 405 g/mol. The van der Waals surface area contributed by atoms with Crippen LogP contribution in [-0.4, -0.2) is 65.8 Å². The topological polar surface area (TPSA) is 113 Å². The summed E-state index contributed by atoms with van der Waals surface area (Å²) in [5.74, 6) is -0.353. The van der Waals surface area contributed by atoms with Gasteiger partial charge in [-0.2, -0.15) is 23.3 Å². The number of hydrogen-bond donors (Lipinski definition) is 2. The molecule has 2 N–H and O–H groups in total. The number of aromatic nitrogens is 8. The average Bonchev–Trinajstić information content (AvgIpc) is 3.45. The van der Waals surface area contributed by atoms with Crippen LogP contribution in [0.4, 0.5) is 19.0 Å². The van der Waals surface area contributed by atoms with Crippen LogP contribution in [0.25, 0.3) is 28.7 Å². The Labute approximate surface area is 160 Å². The van der Waals surface area contributed by atoms with Gasteiger partial charge in [0.05, 0.1) is 31.4 Å². The lowest BCUT2D eigenvalue weighted by molar-refractivity contribution is -0.144. The van der Waals surface area contributed by atoms with Gasteiger partial charge in [-0.05, 0) is 6.07 Å². The Bertz CT molecular complexity index is 1140. The molecule has 0 saturated carbocycles. The van der Waals surface area contributed by atoms with Crippen molar-refractivity contribution in [2.45, 2.75) is 6.18 Å². The predicted molar refractivity (Wildman–Crippen MR) is 94.0 cm³/mol. The Morgan fingerprint density at radius 1 is 1.10 bits per heavy atom. The van der Waals surface area contributed by atoms with Crippen molar-refractivity contribution >= 4 is 11.6 Å². The van der Waals surface area contributed by atoms with Gasteiger partial charge in [0.15, 0.2) is 0 Å². The number of imidazole rings is 2. The number of nitrogens with one attached hydrogen (secondary N) is 2. The third-order valence-corrected chi connectivity index (χ3v) is 4.53. The molecule has 4 aromatic heterocycles. The van der Waals surface area contributed by atoms with E-state index in [2.05, 4.69) is 34.9 Å². The molecule has 0 bridgehead atoms. The van der Waals surface area contributed by atoms with Crippen molar-refractivity contribution in [3.8, 4) is 22.9 Å². The highest BCUT2D eigenvalue weighted by Gasteiger charge is 2.36. The molecule has 0 atom stereocenters. The number of H-pyrrole nitrogens is 2. The van der Waals surface area contributed by atoms with Crippen LogP contribution in [0.15, 0.2) is 24.8 Å². The van der Waals surface area contributed by atoms with Gasteiger partial charge >= 0.3 is 6.18 Å². The Balaban J connectivity index is 1.66. The van der Waals surface area contributed by atoms with Crippen molar-refractivity contribution in [3.63, 3.8) is 0 Å². The highest BCUT2D eigenvalue weighted by molar-refractivity contribution is 5.76. The lowest BCUT2D eigenvalue weighted by Crippen LogP contribution is -2.36. The zero-order chi connectivity index (χ0) is 20.0. The molecule has 10 nitrogen and oxygen atoms in total. The van der Waals surface area contributed by atoms with E-state index in [-0.39, 0.29) is 11.5 Å². The number of hydrogen-bond acceptors (Lipinski definition) is 7. The van der Waals surface area contributed by atoms with E-state index in [0.717, 1.165) is 0 Å². The van der Waals surface area contributed by atoms with Crippen LogP contribution in [0.5, 0.6) is 0 Å². The van der Waals surface area contributed by atoms with Crippen molar-refractivity contribution in [1.82, 2.24) is 39.5 Å². The first kappa shape index (κ1) is 17.6. The predicted octanol–water partition coefficient (Wildman–Crippen LogP) is 1.76. The Kier molecular flexibility index (Phi) is 3.97. The van der Waals surface area contributed by atoms with E-state index in [1.54, 1.807) is 16.8 Å². The molecule has 1 saturated heterocycles. The van der Waals surface area contributed by atoms with Gasteiger partial charge in [-0.15, -0.1) is 0 Å². The molecule has 0 radical (unpaired) electrons. The monoisotopic (exact) mass is 405 g/mol. The summed E-state index contributed by atoms with van der Waals surface area (Å²) in [6.45, 7) is 2.59. The number of aromatic amines is 2. The third kappa shape index (κ3) is 3.08. The summed E-state index contributed by atoms with van der Waals surface area (Å²) in [5, 5.41) is 5.63. The van der Waals surface area contributed by atoms with E-state index < -0.39 is 12.0 Å². The molecule has 13 heteroatoms. The number of anilines is 1. The minimum atomic E-state index is -4.64. The first-order valence-corrected chi connectivity index (χ1v) is 8.71. The molecular formula is C16H14F3N9O. The van der Waals surface area contributed by atoms with Crippen LogP contribution >= 0.6 is 0 Å². The number of fused-ring (bicyclic) bond motifs is 1. The maximum absolute atomic E-state index is 13.0. The van der Waals surface area contributed by atoms with E-state index in [1.807, 2.05) is 11.2 Å². The van der Waals surface area contributed by atoms with Crippen molar-refractivity contribution in [2.24, 2.45) is 0 Å². The fraction of sp³-hybridized carbons (Fsp3) is 0.312. The molecule has 0 aliphatic carbocycles. The van der Waals surface area contributed by atoms with E-state index in [0.29, 0.717) is 49.3 Å². The maximum atomic E-state index is 13.0. The zero-order valence-electron chi connectivity index (χ0n) is 14.8. The van der Waals surface area contributed by atoms with Crippen LogP contribution < -0.4 is 4.90 Å². The Morgan fingerprint density at radius 2 is 1.93 bits per heavy atom. The first-order valence-electron chi connectivity index (χ1n) is 8.71. The van der Waals surface area contributed by atoms with Crippen molar-refractivity contribution in [1.29, 1.82) is 0 Å². The minimum Gasteiger partial charge on any atom is -0.378 e. The lowest BCUT2D eigenvalue weighted by atomic mass is 10.2. The largest absolute Gasteiger partial charge is 0.451 e. The molecule has 5 heterocycles. The fourth-order valence-electron chi connectivity index (χ4n) is 3.18. The summed E-state index contributed by atoms with van der Waals surface area (Å²) in [7, 11) is 0. The van der Waals surface area contributed by atoms with Crippen molar-refractivity contribution < 1.29 is 17.9 Å². The van der Waals surface area contributed by atoms with Gasteiger partial charge in [0.25, 0.3) is 0 Å². The number of morpholine rings is 1. The molecule has 0 spiro atoms. The third-order valence-electron chi connectivity index (χ3n) is 4.53. The number of nitrogens with zero attached hydrogens (tertiary/aromatic N) is 7. The van der Waals surface area contributed by atoms with Crippen LogP contribution in [0.3, 0.4) is 0 Å². The van der Waals surface area contributed by atoms with E-state index >= 15 is 0 Å². The molecule has 4 aromatic rings. The van der Waals surface area contributed by atoms with Crippen LogP contribution in [0, 0.1) is 0 Å². The van der Waals surface area contributed by atoms with Crippen LogP contribution in [0.1, 0.15) is 5.82 Å². The molecule has 1 fully saturated rings. The smallest absolute Gasteiger partial charge is 0.378 e. The van der Waals surface area contributed by atoms with Crippen LogP contribution in [0.2, 0.25) is 0 Å². The summed E-state index contributed by atoms with van der Waals surface area (Å²) in [5.41, 5.74) is 1.17. The zero-order valence-corrected chi connectivity index (χ0v) is 14.8. The van der Waals surface area contributed by atoms with Gasteiger partial charge < -0.3 is 14.6 Å². The summed E-state index contributed by atoms with van der Waals surface area (Å²) in [6.07, 6.45) is 0.130. The SMILES string of the molecule is FC(F)(F)c1nc(-c2nc3nc(N4CCOCC4)ccn3c2-c2cnc[nH]2)n[nH]1. The fourth-order valence-corrected chi connectivity index (χ4v) is 3.18. The van der Waals surface area contributed by atoms with Gasteiger partial charge in [0, 0.05) is 19.3 Å². The molecule has 150 valence electrons. The van der Waals surface area contributed by atoms with Gasteiger partial charge in [-0.1, -0.05) is 0 Å². The van der Waals surface area contributed by atoms with Gasteiger partial charge in [-0.3, -0.25) is 9.50 Å². The molecule has 0 unspecified atom stereocenters. The Morgan fingerprint density at radius 3 is 2.62 bits per heavy atom. The number of halogens is 3. The number of alkyl halides is 3.